The number of aliphatic hydroxyl groups is 1. The van der Waals surface area contributed by atoms with Crippen LogP contribution >= 0.6 is 0 Å². The molecule has 0 bridgehead atoms. The van der Waals surface area contributed by atoms with E-state index in [4.69, 9.17) is 4.74 Å². The van der Waals surface area contributed by atoms with Crippen molar-refractivity contribution in [1.29, 1.82) is 0 Å². The Morgan fingerprint density at radius 1 is 0.947 bits per heavy atom. The summed E-state index contributed by atoms with van der Waals surface area (Å²) in [6.45, 7) is 1.20. The van der Waals surface area contributed by atoms with Crippen molar-refractivity contribution >= 4 is 40.2 Å². The Morgan fingerprint density at radius 3 is 1.97 bits per heavy atom. The average Bonchev–Trinajstić information content (AvgIpc) is 3.31. The molecule has 0 spiro atoms. The number of nitro benzene ring substituents is 4. The van der Waals surface area contributed by atoms with Crippen LogP contribution in [0, 0.1) is 40.5 Å². The van der Waals surface area contributed by atoms with Crippen molar-refractivity contribution in [2.75, 3.05) is 6.61 Å². The quantitative estimate of drug-likeness (QED) is 0.0991. The van der Waals surface area contributed by atoms with Crippen molar-refractivity contribution < 1.29 is 38.9 Å². The number of nitro groups is 4. The zero-order valence-electron chi connectivity index (χ0n) is 19.2. The van der Waals surface area contributed by atoms with Gasteiger partial charge in [0.25, 0.3) is 29.1 Å². The number of aromatic nitrogens is 3. The number of carbonyl (C=O) groups is 1. The van der Waals surface area contributed by atoms with E-state index >= 15 is 0 Å². The zero-order valence-corrected chi connectivity index (χ0v) is 19.2. The van der Waals surface area contributed by atoms with Crippen LogP contribution in [0.2, 0.25) is 0 Å². The molecule has 18 nitrogen and oxygen atoms in total. The number of hydrogen-bond acceptors (Lipinski definition) is 12. The molecule has 0 aliphatic heterocycles. The van der Waals surface area contributed by atoms with Gasteiger partial charge >= 0.3 is 5.97 Å². The van der Waals surface area contributed by atoms with E-state index in [-0.39, 0.29) is 17.9 Å². The van der Waals surface area contributed by atoms with Crippen LogP contribution in [0.3, 0.4) is 0 Å². The summed E-state index contributed by atoms with van der Waals surface area (Å²) < 4.78 is 6.73. The SMILES string of the molecule is CCOC(=O)Cn1c[n+](/C(=C(/O)c2ccc([N+](=O)[O-])cc2)c2c([N+](=O)[O-])cc([N+](=O)[O-])cc2[N+](=O)[O-])cn1. The topological polar surface area (TPSA) is 241 Å². The van der Waals surface area contributed by atoms with E-state index in [1.54, 1.807) is 6.92 Å². The third-order valence-corrected chi connectivity index (χ3v) is 4.94. The Labute approximate surface area is 210 Å². The van der Waals surface area contributed by atoms with Gasteiger partial charge in [0.1, 0.15) is 0 Å². The molecule has 0 unspecified atom stereocenters. The van der Waals surface area contributed by atoms with Gasteiger partial charge in [-0.2, -0.15) is 4.57 Å². The predicted octanol–water partition coefficient (Wildman–Crippen LogP) is 2.30. The maximum atomic E-state index is 11.9. The van der Waals surface area contributed by atoms with Crippen LogP contribution in [0.5, 0.6) is 0 Å². The van der Waals surface area contributed by atoms with Gasteiger partial charge < -0.3 is 9.84 Å². The molecule has 18 heteroatoms. The monoisotopic (exact) mass is 530 g/mol. The lowest BCUT2D eigenvalue weighted by Crippen LogP contribution is -2.33. The lowest BCUT2D eigenvalue weighted by atomic mass is 10.0. The second-order valence-corrected chi connectivity index (χ2v) is 7.29. The van der Waals surface area contributed by atoms with Gasteiger partial charge in [-0.25, -0.2) is 4.79 Å². The van der Waals surface area contributed by atoms with Gasteiger partial charge in [0.2, 0.25) is 12.9 Å². The number of nitrogens with zero attached hydrogens (tertiary/aromatic N) is 7. The van der Waals surface area contributed by atoms with Crippen LogP contribution in [-0.4, -0.2) is 47.2 Å². The minimum absolute atomic E-state index is 0.0629. The van der Waals surface area contributed by atoms with Crippen LogP contribution in [0.1, 0.15) is 18.1 Å². The fourth-order valence-electron chi connectivity index (χ4n) is 3.34. The summed E-state index contributed by atoms with van der Waals surface area (Å²) >= 11 is 0. The van der Waals surface area contributed by atoms with Crippen molar-refractivity contribution in [3.63, 3.8) is 0 Å². The molecule has 1 heterocycles. The molecular weight excluding hydrogens is 514 g/mol. The largest absolute Gasteiger partial charge is 0.504 e. The summed E-state index contributed by atoms with van der Waals surface area (Å²) in [6, 6.07) is 5.15. The fraction of sp³-hybridized carbons (Fsp3) is 0.150. The van der Waals surface area contributed by atoms with E-state index in [0.29, 0.717) is 12.1 Å². The highest BCUT2D eigenvalue weighted by atomic mass is 16.6. The second-order valence-electron chi connectivity index (χ2n) is 7.29. The van der Waals surface area contributed by atoms with Crippen molar-refractivity contribution in [3.05, 3.63) is 101 Å². The first-order chi connectivity index (χ1) is 17.9. The lowest BCUT2D eigenvalue weighted by molar-refractivity contribution is -0.580. The van der Waals surface area contributed by atoms with E-state index in [9.17, 15) is 50.4 Å². The minimum atomic E-state index is -1.11. The normalized spacial score (nSPS) is 11.4. The molecule has 0 saturated heterocycles. The highest BCUT2D eigenvalue weighted by Gasteiger charge is 2.37. The molecule has 1 N–H and O–H groups in total. The molecule has 3 rings (SSSR count). The highest BCUT2D eigenvalue weighted by molar-refractivity contribution is 5.89. The Hall–Kier alpha value is -5.81. The number of ether oxygens (including phenoxy) is 1. The maximum Gasteiger partial charge on any atom is 0.344 e. The third kappa shape index (κ3) is 5.53. The molecule has 0 radical (unpaired) electrons. The minimum Gasteiger partial charge on any atom is -0.504 e. The van der Waals surface area contributed by atoms with Crippen LogP contribution < -0.4 is 4.57 Å². The van der Waals surface area contributed by atoms with Gasteiger partial charge in [-0.3, -0.25) is 40.5 Å². The standard InChI is InChI=1S/C20H15N7O11/c1-2-38-17(28)9-23-11-22(10-21-23)19(20(29)12-3-5-13(6-4-12)24(30)31)18-15(26(34)35)7-14(25(32)33)8-16(18)27(36)37/h3-8,10-11H,2,9H2,1H3/p+1/b20-19+. The fourth-order valence-corrected chi connectivity index (χ4v) is 3.34. The van der Waals surface area contributed by atoms with Gasteiger partial charge in [-0.05, 0) is 19.1 Å². The number of benzene rings is 2. The molecule has 0 aliphatic rings. The molecule has 38 heavy (non-hydrogen) atoms. The van der Waals surface area contributed by atoms with Crippen molar-refractivity contribution in [2.45, 2.75) is 13.5 Å². The molecule has 2 aromatic carbocycles. The number of carbonyl (C=O) groups excluding carboxylic acids is 1. The van der Waals surface area contributed by atoms with Gasteiger partial charge in [-0.15, -0.1) is 4.68 Å². The first kappa shape index (κ1) is 26.8. The number of non-ortho nitro benzene ring substituents is 2. The molecule has 0 amide bonds. The molecule has 0 atom stereocenters. The Morgan fingerprint density at radius 2 is 1.50 bits per heavy atom. The zero-order chi connectivity index (χ0) is 28.1. The Balaban J connectivity index is 2.38. The van der Waals surface area contributed by atoms with E-state index in [2.05, 4.69) is 5.10 Å². The first-order valence-corrected chi connectivity index (χ1v) is 10.3. The number of aliphatic hydroxyl groups excluding tert-OH is 1. The molecule has 3 aromatic rings. The lowest BCUT2D eigenvalue weighted by Gasteiger charge is -2.10. The summed E-state index contributed by atoms with van der Waals surface area (Å²) in [6.07, 6.45) is 2.02. The van der Waals surface area contributed by atoms with E-state index in [0.717, 1.165) is 46.2 Å². The number of rotatable bonds is 10. The number of esters is 1. The molecular formula is C20H16N7O11+. The van der Waals surface area contributed by atoms with Crippen LogP contribution in [0.25, 0.3) is 11.5 Å². The smallest absolute Gasteiger partial charge is 0.344 e. The third-order valence-electron chi connectivity index (χ3n) is 4.94. The summed E-state index contributed by atoms with van der Waals surface area (Å²) in [5.41, 5.74) is -5.11. The Bertz CT molecular complexity index is 1460. The summed E-state index contributed by atoms with van der Waals surface area (Å²) in [5.74, 6) is -1.54. The number of hydrogen-bond donors (Lipinski definition) is 1. The second kappa shape index (κ2) is 10.8. The van der Waals surface area contributed by atoms with Gasteiger partial charge in [0.15, 0.2) is 17.0 Å². The van der Waals surface area contributed by atoms with Gasteiger partial charge in [-0.1, -0.05) is 0 Å². The summed E-state index contributed by atoms with van der Waals surface area (Å²) in [7, 11) is 0. The maximum absolute atomic E-state index is 11.9. The van der Waals surface area contributed by atoms with Gasteiger partial charge in [0.05, 0.1) is 38.4 Å². The molecule has 1 aromatic heterocycles. The highest BCUT2D eigenvalue weighted by Crippen LogP contribution is 2.39. The first-order valence-electron chi connectivity index (χ1n) is 10.3. The summed E-state index contributed by atoms with van der Waals surface area (Å²) in [5, 5.41) is 61.1. The van der Waals surface area contributed by atoms with E-state index < -0.39 is 66.3 Å². The molecule has 0 fully saturated rings. The van der Waals surface area contributed by atoms with E-state index in [1.165, 1.54) is 0 Å². The van der Waals surface area contributed by atoms with Crippen LogP contribution in [0.15, 0.2) is 49.1 Å². The molecule has 196 valence electrons. The van der Waals surface area contributed by atoms with Crippen LogP contribution in [-0.2, 0) is 16.1 Å². The summed E-state index contributed by atoms with van der Waals surface area (Å²) in [4.78, 5) is 53.9. The van der Waals surface area contributed by atoms with Crippen LogP contribution in [0.4, 0.5) is 22.7 Å². The molecule has 0 aliphatic carbocycles. The average molecular weight is 530 g/mol. The Kier molecular flexibility index (Phi) is 7.65. The molecule has 0 saturated carbocycles. The van der Waals surface area contributed by atoms with E-state index in [1.807, 2.05) is 0 Å². The van der Waals surface area contributed by atoms with Crippen molar-refractivity contribution in [1.82, 2.24) is 9.78 Å². The van der Waals surface area contributed by atoms with Crippen molar-refractivity contribution in [3.8, 4) is 0 Å². The van der Waals surface area contributed by atoms with Crippen molar-refractivity contribution in [2.24, 2.45) is 0 Å². The van der Waals surface area contributed by atoms with Gasteiger partial charge in [0, 0.05) is 22.8 Å². The predicted molar refractivity (Wildman–Crippen MR) is 123 cm³/mol.